The van der Waals surface area contributed by atoms with Gasteiger partial charge in [0.15, 0.2) is 0 Å². The molecular weight excluding hydrogens is 414 g/mol. The van der Waals surface area contributed by atoms with E-state index in [2.05, 4.69) is 15.6 Å². The van der Waals surface area contributed by atoms with Crippen LogP contribution >= 0.6 is 11.8 Å². The fourth-order valence-electron chi connectivity index (χ4n) is 3.36. The van der Waals surface area contributed by atoms with Gasteiger partial charge in [-0.3, -0.25) is 19.3 Å². The van der Waals surface area contributed by atoms with Crippen LogP contribution in [0.1, 0.15) is 18.4 Å². The van der Waals surface area contributed by atoms with Gasteiger partial charge in [-0.2, -0.15) is 0 Å². The minimum atomic E-state index is -0.406. The number of anilines is 2. The third kappa shape index (κ3) is 7.08. The summed E-state index contributed by atoms with van der Waals surface area (Å²) in [6, 6.07) is 11.0. The number of nitrogens with two attached hydrogens (primary N) is 1. The lowest BCUT2D eigenvalue weighted by molar-refractivity contribution is -0.121. The lowest BCUT2D eigenvalue weighted by Crippen LogP contribution is -2.41. The van der Waals surface area contributed by atoms with Crippen LogP contribution in [0.15, 0.2) is 47.5 Å². The van der Waals surface area contributed by atoms with Gasteiger partial charge in [-0.05, 0) is 56.6 Å². The smallest absolute Gasteiger partial charge is 0.238 e. The lowest BCUT2D eigenvalue weighted by atomic mass is 9.96. The van der Waals surface area contributed by atoms with Gasteiger partial charge in [0.05, 0.1) is 18.0 Å². The Kier molecular flexibility index (Phi) is 8.02. The first-order valence-corrected chi connectivity index (χ1v) is 11.1. The fourth-order valence-corrected chi connectivity index (χ4v) is 4.11. The number of aryl methyl sites for hydroxylation is 1. The molecule has 0 saturated carbocycles. The molecule has 31 heavy (non-hydrogen) atoms. The van der Waals surface area contributed by atoms with E-state index in [-0.39, 0.29) is 30.0 Å². The summed E-state index contributed by atoms with van der Waals surface area (Å²) < 4.78 is 0. The van der Waals surface area contributed by atoms with Crippen LogP contribution in [-0.4, -0.2) is 53.0 Å². The van der Waals surface area contributed by atoms with Crippen LogP contribution in [0.4, 0.5) is 11.5 Å². The van der Waals surface area contributed by atoms with Crippen LogP contribution in [0.2, 0.25) is 0 Å². The molecule has 0 atom stereocenters. The second kappa shape index (κ2) is 10.9. The third-order valence-corrected chi connectivity index (χ3v) is 6.12. The van der Waals surface area contributed by atoms with E-state index in [0.717, 1.165) is 10.5 Å². The van der Waals surface area contributed by atoms with Gasteiger partial charge < -0.3 is 16.4 Å². The average Bonchev–Trinajstić information content (AvgIpc) is 2.75. The number of hydrogen-bond donors (Lipinski definition) is 3. The van der Waals surface area contributed by atoms with Gasteiger partial charge in [0.1, 0.15) is 5.82 Å². The summed E-state index contributed by atoms with van der Waals surface area (Å²) in [5.41, 5.74) is 6.92. The maximum absolute atomic E-state index is 12.5. The van der Waals surface area contributed by atoms with Crippen molar-refractivity contribution in [2.24, 2.45) is 11.7 Å². The quantitative estimate of drug-likeness (QED) is 0.541. The molecule has 4 N–H and O–H groups in total. The van der Waals surface area contributed by atoms with E-state index in [1.807, 2.05) is 36.1 Å². The highest BCUT2D eigenvalue weighted by Gasteiger charge is 2.26. The number of rotatable bonds is 8. The number of nitrogens with zero attached hydrogens (tertiary/aromatic N) is 2. The molecule has 164 valence electrons. The molecule has 1 saturated heterocycles. The van der Waals surface area contributed by atoms with E-state index >= 15 is 0 Å². The number of nitrogens with one attached hydrogen (secondary N) is 2. The Morgan fingerprint density at radius 1 is 1.13 bits per heavy atom. The Hall–Kier alpha value is -2.91. The summed E-state index contributed by atoms with van der Waals surface area (Å²) >= 11 is 1.30. The van der Waals surface area contributed by atoms with Crippen LogP contribution < -0.4 is 16.4 Å². The maximum Gasteiger partial charge on any atom is 0.238 e. The van der Waals surface area contributed by atoms with Crippen molar-refractivity contribution in [3.05, 3.63) is 48.2 Å². The summed E-state index contributed by atoms with van der Waals surface area (Å²) in [5, 5.41) is 5.78. The molecule has 1 aliphatic heterocycles. The first-order chi connectivity index (χ1) is 14.9. The molecule has 1 aromatic carbocycles. The van der Waals surface area contributed by atoms with Crippen molar-refractivity contribution in [1.82, 2.24) is 9.88 Å². The zero-order valence-corrected chi connectivity index (χ0v) is 18.3. The molecule has 9 heteroatoms. The van der Waals surface area contributed by atoms with Crippen LogP contribution in [0.3, 0.4) is 0 Å². The van der Waals surface area contributed by atoms with Crippen molar-refractivity contribution in [2.45, 2.75) is 24.7 Å². The summed E-state index contributed by atoms with van der Waals surface area (Å²) in [6.07, 6.45) is 3.10. The topological polar surface area (TPSA) is 117 Å². The fraction of sp³-hybridized carbons (Fsp3) is 0.364. The number of benzene rings is 1. The van der Waals surface area contributed by atoms with Crippen molar-refractivity contribution >= 4 is 41.0 Å². The van der Waals surface area contributed by atoms with Crippen LogP contribution in [-0.2, 0) is 14.4 Å². The largest absolute Gasteiger partial charge is 0.369 e. The minimum absolute atomic E-state index is 0.0270. The van der Waals surface area contributed by atoms with Gasteiger partial charge in [0, 0.05) is 17.0 Å². The Balaban J connectivity index is 1.45. The molecule has 3 amide bonds. The molecule has 8 nitrogen and oxygen atoms in total. The Labute approximate surface area is 186 Å². The zero-order chi connectivity index (χ0) is 22.2. The third-order valence-electron chi connectivity index (χ3n) is 5.02. The molecule has 1 aromatic heterocycles. The standard InChI is InChI=1S/C22H27N5O3S/c1-15-6-7-20(24-12-15)26-22(30)16-8-10-27(11-9-16)13-21(29)25-17-4-2-3-5-18(17)31-14-19(23)28/h2-7,12,16H,8-11,13-14H2,1H3,(H2,23,28)(H,25,29)(H,24,26,30). The van der Waals surface area contributed by atoms with Crippen molar-refractivity contribution < 1.29 is 14.4 Å². The maximum atomic E-state index is 12.5. The molecule has 1 aliphatic rings. The molecule has 0 aliphatic carbocycles. The number of thioether (sulfide) groups is 1. The Morgan fingerprint density at radius 3 is 2.55 bits per heavy atom. The Bertz CT molecular complexity index is 927. The van der Waals surface area contributed by atoms with Crippen LogP contribution in [0.5, 0.6) is 0 Å². The number of piperidine rings is 1. The van der Waals surface area contributed by atoms with E-state index in [4.69, 9.17) is 5.73 Å². The van der Waals surface area contributed by atoms with Crippen molar-refractivity contribution in [1.29, 1.82) is 0 Å². The molecule has 0 radical (unpaired) electrons. The molecule has 3 rings (SSSR count). The van der Waals surface area contributed by atoms with E-state index in [0.29, 0.717) is 37.4 Å². The van der Waals surface area contributed by atoms with E-state index in [1.165, 1.54) is 11.8 Å². The van der Waals surface area contributed by atoms with Gasteiger partial charge in [-0.15, -0.1) is 11.8 Å². The number of pyridine rings is 1. The molecular formula is C22H27N5O3S. The number of aromatic nitrogens is 1. The molecule has 2 heterocycles. The van der Waals surface area contributed by atoms with E-state index in [9.17, 15) is 14.4 Å². The van der Waals surface area contributed by atoms with Crippen molar-refractivity contribution in [2.75, 3.05) is 36.0 Å². The summed E-state index contributed by atoms with van der Waals surface area (Å²) in [7, 11) is 0. The number of likely N-dealkylation sites (tertiary alicyclic amines) is 1. The molecule has 0 unspecified atom stereocenters. The lowest BCUT2D eigenvalue weighted by Gasteiger charge is -2.30. The summed E-state index contributed by atoms with van der Waals surface area (Å²) in [5.74, 6) is 0.0650. The first kappa shape index (κ1) is 22.8. The normalized spacial score (nSPS) is 14.7. The highest BCUT2D eigenvalue weighted by Crippen LogP contribution is 2.27. The van der Waals surface area contributed by atoms with Gasteiger partial charge in [0.25, 0.3) is 0 Å². The number of primary amides is 1. The monoisotopic (exact) mass is 441 g/mol. The summed E-state index contributed by atoms with van der Waals surface area (Å²) in [4.78, 5) is 43.1. The van der Waals surface area contributed by atoms with Crippen LogP contribution in [0, 0.1) is 12.8 Å². The molecule has 0 bridgehead atoms. The highest BCUT2D eigenvalue weighted by molar-refractivity contribution is 8.00. The summed E-state index contributed by atoms with van der Waals surface area (Å²) in [6.45, 7) is 3.54. The average molecular weight is 442 g/mol. The minimum Gasteiger partial charge on any atom is -0.369 e. The molecule has 2 aromatic rings. The number of para-hydroxylation sites is 1. The number of amides is 3. The van der Waals surface area contributed by atoms with E-state index < -0.39 is 5.91 Å². The number of carbonyl (C=O) groups is 3. The second-order valence-electron chi connectivity index (χ2n) is 7.56. The predicted molar refractivity (Wildman–Crippen MR) is 122 cm³/mol. The second-order valence-corrected chi connectivity index (χ2v) is 8.58. The van der Waals surface area contributed by atoms with Crippen molar-refractivity contribution in [3.8, 4) is 0 Å². The first-order valence-electron chi connectivity index (χ1n) is 10.2. The van der Waals surface area contributed by atoms with Crippen LogP contribution in [0.25, 0.3) is 0 Å². The van der Waals surface area contributed by atoms with Gasteiger partial charge in [-0.1, -0.05) is 18.2 Å². The number of hydrogen-bond acceptors (Lipinski definition) is 6. The van der Waals surface area contributed by atoms with Crippen molar-refractivity contribution in [3.63, 3.8) is 0 Å². The SMILES string of the molecule is Cc1ccc(NC(=O)C2CCN(CC(=O)Nc3ccccc3SCC(N)=O)CC2)nc1. The molecule has 0 spiro atoms. The van der Waals surface area contributed by atoms with Gasteiger partial charge in [0.2, 0.25) is 17.7 Å². The predicted octanol–water partition coefficient (Wildman–Crippen LogP) is 2.26. The van der Waals surface area contributed by atoms with Gasteiger partial charge >= 0.3 is 0 Å². The van der Waals surface area contributed by atoms with Gasteiger partial charge in [-0.25, -0.2) is 4.98 Å². The zero-order valence-electron chi connectivity index (χ0n) is 17.5. The molecule has 1 fully saturated rings. The number of carbonyl (C=O) groups excluding carboxylic acids is 3. The Morgan fingerprint density at radius 2 is 1.87 bits per heavy atom. The van der Waals surface area contributed by atoms with E-state index in [1.54, 1.807) is 18.3 Å². The highest BCUT2D eigenvalue weighted by atomic mass is 32.2.